The van der Waals surface area contributed by atoms with Crippen LogP contribution in [0.15, 0.2) is 30.6 Å². The molecule has 0 fully saturated rings. The van der Waals surface area contributed by atoms with E-state index in [4.69, 9.17) is 23.2 Å². The second-order valence-corrected chi connectivity index (χ2v) is 4.36. The quantitative estimate of drug-likeness (QED) is 0.814. The van der Waals surface area contributed by atoms with Gasteiger partial charge in [-0.05, 0) is 17.7 Å². The van der Waals surface area contributed by atoms with Crippen molar-refractivity contribution < 1.29 is 9.53 Å². The van der Waals surface area contributed by atoms with Gasteiger partial charge in [0.05, 0.1) is 19.0 Å². The first kappa shape index (κ1) is 12.9. The minimum atomic E-state index is -0.369. The Bertz CT molecular complexity index is 581. The number of imidazole rings is 1. The summed E-state index contributed by atoms with van der Waals surface area (Å²) in [5, 5.41) is 0.640. The van der Waals surface area contributed by atoms with E-state index in [9.17, 15) is 4.79 Å². The molecular formula is C12H10Cl2N2O2. The fourth-order valence-electron chi connectivity index (χ4n) is 1.56. The number of benzene rings is 1. The van der Waals surface area contributed by atoms with E-state index in [1.165, 1.54) is 7.11 Å². The maximum Gasteiger partial charge on any atom is 0.337 e. The molecule has 0 saturated carbocycles. The van der Waals surface area contributed by atoms with Crippen LogP contribution >= 0.6 is 23.2 Å². The first-order valence-electron chi connectivity index (χ1n) is 5.15. The molecule has 0 N–H and O–H groups in total. The molecular weight excluding hydrogens is 275 g/mol. The van der Waals surface area contributed by atoms with Gasteiger partial charge in [0.1, 0.15) is 5.15 Å². The average Bonchev–Trinajstić information content (AvgIpc) is 2.70. The standard InChI is InChI=1S/C12H10Cl2N2O2/c1-18-12(17)9-4-2-3-8(5-9)6-16-7-15-10(13)11(16)14/h2-5,7H,6H2,1H3. The Morgan fingerprint density at radius 2 is 2.22 bits per heavy atom. The number of hydrogen-bond donors (Lipinski definition) is 0. The molecule has 0 aliphatic carbocycles. The number of esters is 1. The third-order valence-corrected chi connectivity index (χ3v) is 3.20. The fraction of sp³-hybridized carbons (Fsp3) is 0.167. The second kappa shape index (κ2) is 5.42. The molecule has 94 valence electrons. The predicted octanol–water partition coefficient (Wildman–Crippen LogP) is 3.02. The molecule has 1 aromatic carbocycles. The molecule has 0 atom stereocenters. The minimum Gasteiger partial charge on any atom is -0.465 e. The lowest BCUT2D eigenvalue weighted by Gasteiger charge is -2.06. The number of hydrogen-bond acceptors (Lipinski definition) is 3. The normalized spacial score (nSPS) is 10.4. The maximum absolute atomic E-state index is 11.4. The molecule has 4 nitrogen and oxygen atoms in total. The number of rotatable bonds is 3. The fourth-order valence-corrected chi connectivity index (χ4v) is 1.87. The molecule has 0 radical (unpaired) electrons. The van der Waals surface area contributed by atoms with Crippen LogP contribution in [0.2, 0.25) is 10.3 Å². The Morgan fingerprint density at radius 3 is 2.83 bits per heavy atom. The number of methoxy groups -OCH3 is 1. The van der Waals surface area contributed by atoms with Crippen LogP contribution in [0.25, 0.3) is 0 Å². The number of aromatic nitrogens is 2. The zero-order chi connectivity index (χ0) is 13.1. The first-order valence-corrected chi connectivity index (χ1v) is 5.91. The molecule has 6 heteroatoms. The highest BCUT2D eigenvalue weighted by Crippen LogP contribution is 2.20. The molecule has 0 spiro atoms. The van der Waals surface area contributed by atoms with Crippen molar-refractivity contribution in [2.45, 2.75) is 6.54 Å². The van der Waals surface area contributed by atoms with Gasteiger partial charge < -0.3 is 9.30 Å². The smallest absolute Gasteiger partial charge is 0.337 e. The third kappa shape index (κ3) is 2.66. The van der Waals surface area contributed by atoms with Crippen LogP contribution in [-0.4, -0.2) is 22.6 Å². The van der Waals surface area contributed by atoms with Crippen LogP contribution in [0.1, 0.15) is 15.9 Å². The van der Waals surface area contributed by atoms with Crippen molar-refractivity contribution in [1.29, 1.82) is 0 Å². The Morgan fingerprint density at radius 1 is 1.44 bits per heavy atom. The Hall–Kier alpha value is -1.52. The number of nitrogens with zero attached hydrogens (tertiary/aromatic N) is 2. The Balaban J connectivity index is 2.24. The third-order valence-electron chi connectivity index (χ3n) is 2.43. The van der Waals surface area contributed by atoms with Gasteiger partial charge in [-0.15, -0.1) is 0 Å². The topological polar surface area (TPSA) is 44.1 Å². The van der Waals surface area contributed by atoms with E-state index in [-0.39, 0.29) is 11.1 Å². The molecule has 0 unspecified atom stereocenters. The summed E-state index contributed by atoms with van der Waals surface area (Å²) in [6.07, 6.45) is 1.55. The molecule has 0 saturated heterocycles. The van der Waals surface area contributed by atoms with Crippen molar-refractivity contribution in [1.82, 2.24) is 9.55 Å². The van der Waals surface area contributed by atoms with Crippen LogP contribution in [-0.2, 0) is 11.3 Å². The molecule has 1 heterocycles. The molecule has 1 aromatic heterocycles. The van der Waals surface area contributed by atoms with Crippen molar-refractivity contribution >= 4 is 29.2 Å². The first-order chi connectivity index (χ1) is 8.61. The van der Waals surface area contributed by atoms with E-state index in [0.717, 1.165) is 5.56 Å². The van der Waals surface area contributed by atoms with Crippen LogP contribution in [0.3, 0.4) is 0 Å². The van der Waals surface area contributed by atoms with Gasteiger partial charge in [-0.1, -0.05) is 35.3 Å². The van der Waals surface area contributed by atoms with Gasteiger partial charge in [0.25, 0.3) is 0 Å². The predicted molar refractivity (Wildman–Crippen MR) is 69.1 cm³/mol. The highest BCUT2D eigenvalue weighted by Gasteiger charge is 2.09. The highest BCUT2D eigenvalue weighted by atomic mass is 35.5. The van der Waals surface area contributed by atoms with E-state index < -0.39 is 0 Å². The van der Waals surface area contributed by atoms with Crippen LogP contribution < -0.4 is 0 Å². The van der Waals surface area contributed by atoms with Gasteiger partial charge in [-0.3, -0.25) is 0 Å². The van der Waals surface area contributed by atoms with Gasteiger partial charge in [-0.25, -0.2) is 9.78 Å². The lowest BCUT2D eigenvalue weighted by molar-refractivity contribution is 0.0600. The summed E-state index contributed by atoms with van der Waals surface area (Å²) < 4.78 is 6.36. The van der Waals surface area contributed by atoms with Gasteiger partial charge >= 0.3 is 5.97 Å². The molecule has 0 aliphatic rings. The minimum absolute atomic E-state index is 0.265. The molecule has 2 rings (SSSR count). The maximum atomic E-state index is 11.4. The number of carbonyl (C=O) groups is 1. The van der Waals surface area contributed by atoms with E-state index in [1.54, 1.807) is 29.1 Å². The molecule has 18 heavy (non-hydrogen) atoms. The molecule has 0 aliphatic heterocycles. The number of carbonyl (C=O) groups excluding carboxylic acids is 1. The van der Waals surface area contributed by atoms with E-state index in [1.807, 2.05) is 6.07 Å². The van der Waals surface area contributed by atoms with Crippen LogP contribution in [0, 0.1) is 0 Å². The average molecular weight is 285 g/mol. The lowest BCUT2D eigenvalue weighted by Crippen LogP contribution is -2.03. The summed E-state index contributed by atoms with van der Waals surface area (Å²) >= 11 is 11.7. The monoisotopic (exact) mass is 284 g/mol. The van der Waals surface area contributed by atoms with Crippen molar-refractivity contribution in [3.05, 3.63) is 52.0 Å². The van der Waals surface area contributed by atoms with Gasteiger partial charge in [0.15, 0.2) is 5.15 Å². The van der Waals surface area contributed by atoms with Gasteiger partial charge in [-0.2, -0.15) is 0 Å². The summed E-state index contributed by atoms with van der Waals surface area (Å²) in [5.74, 6) is -0.369. The zero-order valence-electron chi connectivity index (χ0n) is 9.56. The second-order valence-electron chi connectivity index (χ2n) is 3.65. The van der Waals surface area contributed by atoms with Crippen LogP contribution in [0.4, 0.5) is 0 Å². The van der Waals surface area contributed by atoms with Crippen LogP contribution in [0.5, 0.6) is 0 Å². The lowest BCUT2D eigenvalue weighted by atomic mass is 10.1. The molecule has 2 aromatic rings. The van der Waals surface area contributed by atoms with Crippen molar-refractivity contribution in [3.63, 3.8) is 0 Å². The highest BCUT2D eigenvalue weighted by molar-refractivity contribution is 6.40. The van der Waals surface area contributed by atoms with E-state index in [0.29, 0.717) is 17.3 Å². The van der Waals surface area contributed by atoms with Gasteiger partial charge in [0.2, 0.25) is 0 Å². The molecule has 0 amide bonds. The SMILES string of the molecule is COC(=O)c1cccc(Cn2cnc(Cl)c2Cl)c1. The summed E-state index contributed by atoms with van der Waals surface area (Å²) in [6, 6.07) is 7.11. The summed E-state index contributed by atoms with van der Waals surface area (Å²) in [6.45, 7) is 0.489. The van der Waals surface area contributed by atoms with Crippen molar-refractivity contribution in [2.75, 3.05) is 7.11 Å². The van der Waals surface area contributed by atoms with Gasteiger partial charge in [0, 0.05) is 6.54 Å². The van der Waals surface area contributed by atoms with Crippen molar-refractivity contribution in [2.24, 2.45) is 0 Å². The number of halogens is 2. The largest absolute Gasteiger partial charge is 0.465 e. The summed E-state index contributed by atoms with van der Waals surface area (Å²) in [7, 11) is 1.35. The Kier molecular flexibility index (Phi) is 3.89. The zero-order valence-corrected chi connectivity index (χ0v) is 11.1. The molecule has 0 bridgehead atoms. The van der Waals surface area contributed by atoms with E-state index in [2.05, 4.69) is 9.72 Å². The number of ether oxygens (including phenoxy) is 1. The summed E-state index contributed by atoms with van der Waals surface area (Å²) in [5.41, 5.74) is 1.41. The Labute approximate surface area is 114 Å². The summed E-state index contributed by atoms with van der Waals surface area (Å²) in [4.78, 5) is 15.3. The van der Waals surface area contributed by atoms with E-state index >= 15 is 0 Å². The van der Waals surface area contributed by atoms with Crippen molar-refractivity contribution in [3.8, 4) is 0 Å².